The van der Waals surface area contributed by atoms with E-state index in [4.69, 9.17) is 0 Å². The van der Waals surface area contributed by atoms with Gasteiger partial charge in [0.05, 0.1) is 6.04 Å². The Hall–Kier alpha value is -1.81. The molecule has 1 heterocycles. The molecule has 0 spiro atoms. The van der Waals surface area contributed by atoms with E-state index in [0.29, 0.717) is 18.2 Å². The van der Waals surface area contributed by atoms with Crippen LogP contribution in [0.1, 0.15) is 41.0 Å². The molecule has 2 N–H and O–H groups in total. The van der Waals surface area contributed by atoms with Crippen LogP contribution in [0, 0.1) is 5.92 Å². The van der Waals surface area contributed by atoms with E-state index in [-0.39, 0.29) is 5.91 Å². The molecule has 3 rings (SSSR count). The quantitative estimate of drug-likeness (QED) is 0.844. The Morgan fingerprint density at radius 2 is 2.05 bits per heavy atom. The summed E-state index contributed by atoms with van der Waals surface area (Å²) in [5, 5.41) is 8.56. The third-order valence-electron chi connectivity index (χ3n) is 3.75. The van der Waals surface area contributed by atoms with Gasteiger partial charge in [-0.15, -0.1) is 11.3 Å². The minimum absolute atomic E-state index is 0.0129. The topological polar surface area (TPSA) is 41.1 Å². The molecule has 1 aromatic carbocycles. The van der Waals surface area contributed by atoms with E-state index in [9.17, 15) is 4.79 Å². The fourth-order valence-electron chi connectivity index (χ4n) is 2.48. The van der Waals surface area contributed by atoms with Gasteiger partial charge in [0.25, 0.3) is 5.91 Å². The number of hydrogen-bond donors (Lipinski definition) is 2. The van der Waals surface area contributed by atoms with Crippen molar-refractivity contribution in [1.82, 2.24) is 5.32 Å². The van der Waals surface area contributed by atoms with Gasteiger partial charge < -0.3 is 10.6 Å². The number of hydrogen-bond acceptors (Lipinski definition) is 3. The van der Waals surface area contributed by atoms with Gasteiger partial charge in [0.1, 0.15) is 0 Å². The molecular weight excluding hydrogens is 280 g/mol. The predicted molar refractivity (Wildman–Crippen MR) is 87.9 cm³/mol. The Kier molecular flexibility index (Phi) is 4.25. The van der Waals surface area contributed by atoms with Gasteiger partial charge in [-0.05, 0) is 61.4 Å². The molecule has 1 aliphatic rings. The molecule has 21 heavy (non-hydrogen) atoms. The lowest BCUT2D eigenvalue weighted by atomic mass is 10.1. The molecular formula is C17H20N2OS. The van der Waals surface area contributed by atoms with E-state index >= 15 is 0 Å². The number of benzene rings is 1. The molecule has 110 valence electrons. The average molecular weight is 300 g/mol. The van der Waals surface area contributed by atoms with Crippen molar-refractivity contribution in [1.29, 1.82) is 0 Å². The van der Waals surface area contributed by atoms with Crippen molar-refractivity contribution >= 4 is 22.9 Å². The molecule has 1 saturated carbocycles. The van der Waals surface area contributed by atoms with E-state index in [0.717, 1.165) is 11.6 Å². The normalized spacial score (nSPS) is 15.5. The summed E-state index contributed by atoms with van der Waals surface area (Å²) in [4.78, 5) is 13.1. The maximum absolute atomic E-state index is 11.8. The molecule has 0 bridgehead atoms. The predicted octanol–water partition coefficient (Wildman–Crippen LogP) is 4.06. The van der Waals surface area contributed by atoms with Gasteiger partial charge in [-0.3, -0.25) is 4.79 Å². The standard InChI is InChI=1S/C17H20N2OS/c1-2-18-17(20)13-7-9-14(10-8-13)19-16(12-5-6-12)15-4-3-11-21-15/h3-4,7-12,16,19H,2,5-6H2,1H3,(H,18,20). The maximum Gasteiger partial charge on any atom is 0.251 e. The van der Waals surface area contributed by atoms with Gasteiger partial charge in [-0.2, -0.15) is 0 Å². The minimum Gasteiger partial charge on any atom is -0.377 e. The second-order valence-corrected chi connectivity index (χ2v) is 6.39. The molecule has 2 aromatic rings. The lowest BCUT2D eigenvalue weighted by Gasteiger charge is -2.18. The summed E-state index contributed by atoms with van der Waals surface area (Å²) in [6.45, 7) is 2.58. The zero-order valence-corrected chi connectivity index (χ0v) is 13.0. The van der Waals surface area contributed by atoms with Crippen molar-refractivity contribution in [3.8, 4) is 0 Å². The second kappa shape index (κ2) is 6.31. The molecule has 1 fully saturated rings. The van der Waals surface area contributed by atoms with E-state index in [2.05, 4.69) is 28.1 Å². The van der Waals surface area contributed by atoms with Crippen LogP contribution in [-0.2, 0) is 0 Å². The van der Waals surface area contributed by atoms with Gasteiger partial charge in [0, 0.05) is 22.7 Å². The Balaban J connectivity index is 1.70. The number of amides is 1. The molecule has 0 saturated heterocycles. The number of rotatable bonds is 6. The van der Waals surface area contributed by atoms with Crippen LogP contribution in [0.2, 0.25) is 0 Å². The summed E-state index contributed by atoms with van der Waals surface area (Å²) in [6.07, 6.45) is 2.60. The molecule has 3 nitrogen and oxygen atoms in total. The van der Waals surface area contributed by atoms with Crippen molar-refractivity contribution in [2.24, 2.45) is 5.92 Å². The van der Waals surface area contributed by atoms with Crippen molar-refractivity contribution in [2.45, 2.75) is 25.8 Å². The SMILES string of the molecule is CCNC(=O)c1ccc(NC(c2cccs2)C2CC2)cc1. The lowest BCUT2D eigenvalue weighted by Crippen LogP contribution is -2.22. The first-order valence-electron chi connectivity index (χ1n) is 7.46. The molecule has 4 heteroatoms. The second-order valence-electron chi connectivity index (χ2n) is 5.41. The molecule has 0 aliphatic heterocycles. The first-order chi connectivity index (χ1) is 10.3. The first kappa shape index (κ1) is 14.1. The number of nitrogens with one attached hydrogen (secondary N) is 2. The smallest absolute Gasteiger partial charge is 0.251 e. The van der Waals surface area contributed by atoms with Crippen molar-refractivity contribution < 1.29 is 4.79 Å². The van der Waals surface area contributed by atoms with Crippen molar-refractivity contribution in [3.05, 3.63) is 52.2 Å². The van der Waals surface area contributed by atoms with E-state index in [1.54, 1.807) is 11.3 Å². The molecule has 1 amide bonds. The van der Waals surface area contributed by atoms with Crippen LogP contribution in [0.3, 0.4) is 0 Å². The number of thiophene rings is 1. The maximum atomic E-state index is 11.8. The molecule has 1 unspecified atom stereocenters. The average Bonchev–Trinajstić information content (AvgIpc) is 3.20. The summed E-state index contributed by atoms with van der Waals surface area (Å²) in [6, 6.07) is 12.5. The number of anilines is 1. The minimum atomic E-state index is -0.0129. The van der Waals surface area contributed by atoms with E-state index in [1.165, 1.54) is 17.7 Å². The summed E-state index contributed by atoms with van der Waals surface area (Å²) in [5.41, 5.74) is 1.79. The summed E-state index contributed by atoms with van der Waals surface area (Å²) in [5.74, 6) is 0.729. The van der Waals surface area contributed by atoms with E-state index < -0.39 is 0 Å². The largest absolute Gasteiger partial charge is 0.377 e. The zero-order valence-electron chi connectivity index (χ0n) is 12.1. The Morgan fingerprint density at radius 1 is 1.29 bits per heavy atom. The Labute approximate surface area is 129 Å². The monoisotopic (exact) mass is 300 g/mol. The summed E-state index contributed by atoms with van der Waals surface area (Å²) < 4.78 is 0. The summed E-state index contributed by atoms with van der Waals surface area (Å²) in [7, 11) is 0. The molecule has 1 atom stereocenters. The van der Waals surface area contributed by atoms with Gasteiger partial charge in [0.2, 0.25) is 0 Å². The molecule has 1 aliphatic carbocycles. The van der Waals surface area contributed by atoms with Gasteiger partial charge in [-0.25, -0.2) is 0 Å². The third-order valence-corrected chi connectivity index (χ3v) is 4.71. The highest BCUT2D eigenvalue weighted by atomic mass is 32.1. The molecule has 0 radical (unpaired) electrons. The highest BCUT2D eigenvalue weighted by Crippen LogP contribution is 2.44. The van der Waals surface area contributed by atoms with Crippen LogP contribution < -0.4 is 10.6 Å². The number of carbonyl (C=O) groups excluding carboxylic acids is 1. The fraction of sp³-hybridized carbons (Fsp3) is 0.353. The van der Waals surface area contributed by atoms with Crippen LogP contribution in [0.5, 0.6) is 0 Å². The molecule has 1 aromatic heterocycles. The fourth-order valence-corrected chi connectivity index (χ4v) is 3.35. The van der Waals surface area contributed by atoms with Crippen LogP contribution in [-0.4, -0.2) is 12.5 Å². The Bertz CT molecular complexity index is 588. The van der Waals surface area contributed by atoms with Crippen LogP contribution in [0.25, 0.3) is 0 Å². The highest BCUT2D eigenvalue weighted by molar-refractivity contribution is 7.10. The summed E-state index contributed by atoms with van der Waals surface area (Å²) >= 11 is 1.81. The lowest BCUT2D eigenvalue weighted by molar-refractivity contribution is 0.0956. The van der Waals surface area contributed by atoms with Crippen molar-refractivity contribution in [2.75, 3.05) is 11.9 Å². The van der Waals surface area contributed by atoms with Gasteiger partial charge >= 0.3 is 0 Å². The number of carbonyl (C=O) groups is 1. The van der Waals surface area contributed by atoms with Gasteiger partial charge in [-0.1, -0.05) is 6.07 Å². The van der Waals surface area contributed by atoms with Crippen molar-refractivity contribution in [3.63, 3.8) is 0 Å². The van der Waals surface area contributed by atoms with Gasteiger partial charge in [0.15, 0.2) is 0 Å². The zero-order chi connectivity index (χ0) is 14.7. The van der Waals surface area contributed by atoms with Crippen LogP contribution in [0.4, 0.5) is 5.69 Å². The van der Waals surface area contributed by atoms with E-state index in [1.807, 2.05) is 31.2 Å². The Morgan fingerprint density at radius 3 is 2.62 bits per heavy atom. The third kappa shape index (κ3) is 3.45. The highest BCUT2D eigenvalue weighted by Gasteiger charge is 2.32. The van der Waals surface area contributed by atoms with Crippen LogP contribution in [0.15, 0.2) is 41.8 Å². The van der Waals surface area contributed by atoms with Crippen LogP contribution >= 0.6 is 11.3 Å². The first-order valence-corrected chi connectivity index (χ1v) is 8.34.